The van der Waals surface area contributed by atoms with Crippen LogP contribution >= 0.6 is 0 Å². The molecule has 0 bridgehead atoms. The summed E-state index contributed by atoms with van der Waals surface area (Å²) in [5.74, 6) is -0.841. The third kappa shape index (κ3) is 16.6. The summed E-state index contributed by atoms with van der Waals surface area (Å²) in [6.07, 6.45) is 9.07. The molecule has 0 aliphatic rings. The number of benzene rings is 4. The summed E-state index contributed by atoms with van der Waals surface area (Å²) in [5.41, 5.74) is 3.42. The highest BCUT2D eigenvalue weighted by molar-refractivity contribution is 6.03. The van der Waals surface area contributed by atoms with E-state index in [0.717, 1.165) is 33.4 Å². The molecule has 12 heteroatoms. The summed E-state index contributed by atoms with van der Waals surface area (Å²) in [6, 6.07) is 12.1. The third-order valence-electron chi connectivity index (χ3n) is 13.7. The fourth-order valence-electron chi connectivity index (χ4n) is 8.36. The number of phenolic OH excluding ortho intramolecular Hbond substituents is 6. The van der Waals surface area contributed by atoms with Crippen molar-refractivity contribution < 1.29 is 30.6 Å². The van der Waals surface area contributed by atoms with Crippen LogP contribution in [-0.4, -0.2) is 104 Å². The van der Waals surface area contributed by atoms with Crippen molar-refractivity contribution in [3.8, 4) is 34.5 Å². The van der Waals surface area contributed by atoms with Crippen LogP contribution in [0.5, 0.6) is 34.5 Å². The predicted molar refractivity (Wildman–Crippen MR) is 330 cm³/mol. The summed E-state index contributed by atoms with van der Waals surface area (Å²) >= 11 is 0. The van der Waals surface area contributed by atoms with E-state index in [0.29, 0.717) is 16.7 Å². The van der Waals surface area contributed by atoms with E-state index in [4.69, 9.17) is 15.0 Å². The topological polar surface area (TPSA) is 196 Å². The van der Waals surface area contributed by atoms with Gasteiger partial charge in [0.1, 0.15) is 34.5 Å². The third-order valence-corrected chi connectivity index (χ3v) is 13.7. The van der Waals surface area contributed by atoms with Crippen molar-refractivity contribution in [2.45, 2.75) is 215 Å². The van der Waals surface area contributed by atoms with E-state index in [1.165, 1.54) is 18.6 Å². The molecular weight excluding hydrogens is 973 g/mol. The Morgan fingerprint density at radius 1 is 0.282 bits per heavy atom. The molecule has 0 saturated carbocycles. The van der Waals surface area contributed by atoms with Crippen LogP contribution < -0.4 is 0 Å². The van der Waals surface area contributed by atoms with Crippen LogP contribution in [0.25, 0.3) is 0 Å². The van der Waals surface area contributed by atoms with Gasteiger partial charge in [0.15, 0.2) is 0 Å². The van der Waals surface area contributed by atoms with E-state index >= 15 is 0 Å². The van der Waals surface area contributed by atoms with Crippen molar-refractivity contribution in [3.63, 3.8) is 0 Å². The molecule has 0 spiro atoms. The number of aromatic hydroxyl groups is 6. The van der Waals surface area contributed by atoms with Crippen LogP contribution in [0.1, 0.15) is 233 Å². The molecule has 78 heavy (non-hydrogen) atoms. The van der Waals surface area contributed by atoms with E-state index in [1.807, 2.05) is 59.7 Å². The average molecular weight is 1070 g/mol. The number of hydrogen-bond donors (Lipinski definition) is 6. The van der Waals surface area contributed by atoms with Crippen molar-refractivity contribution in [3.05, 3.63) is 103 Å². The molecule has 4 aromatic carbocycles. The zero-order valence-corrected chi connectivity index (χ0v) is 51.9. The summed E-state index contributed by atoms with van der Waals surface area (Å²) in [5, 5.41) is 69.9. The zero-order chi connectivity index (χ0) is 59.7. The van der Waals surface area contributed by atoms with E-state index < -0.39 is 33.9 Å². The van der Waals surface area contributed by atoms with Gasteiger partial charge in [-0.1, -0.05) is 143 Å². The lowest BCUT2D eigenvalue weighted by Crippen LogP contribution is -2.22. The smallest absolute Gasteiger partial charge is 0.140 e. The minimum Gasteiger partial charge on any atom is -0.507 e. The Hall–Kier alpha value is -6.30. The fraction of sp³-hybridized carbons (Fsp3) is 0.545. The highest BCUT2D eigenvalue weighted by Crippen LogP contribution is 2.42. The molecule has 4 rings (SSSR count). The Labute approximate surface area is 468 Å². The molecule has 0 atom stereocenters. The summed E-state index contributed by atoms with van der Waals surface area (Å²) in [7, 11) is 0. The highest BCUT2D eigenvalue weighted by atomic mass is 16.3. The van der Waals surface area contributed by atoms with Gasteiger partial charge in [-0.25, -0.2) is 0 Å². The van der Waals surface area contributed by atoms with Crippen LogP contribution in [-0.2, 0) is 32.5 Å². The normalized spacial score (nSPS) is 14.3. The second-order valence-corrected chi connectivity index (χ2v) is 29.3. The monoisotopic (exact) mass is 1070 g/mol. The molecule has 426 valence electrons. The molecule has 0 aliphatic carbocycles. The van der Waals surface area contributed by atoms with Gasteiger partial charge >= 0.3 is 0 Å². The molecule has 0 heterocycles. The molecule has 0 saturated heterocycles. The first-order valence-corrected chi connectivity index (χ1v) is 27.3. The Bertz CT molecular complexity index is 2670. The molecule has 6 N–H and O–H groups in total. The highest BCUT2D eigenvalue weighted by Gasteiger charge is 2.30. The maximum absolute atomic E-state index is 11.9. The standard InChI is InChI=1S/C66H96N6O6/c1-58(2,3)43-25-40(52(73)49(28-43)61(10,11)12)31-70-64(19,20)37-67-34-46-55(76)47(35-68-38-65(21,22)71-32-41-26-44(59(4,5)6)29-50(53(41)74)62(13,14)15)57(78)48(56(46)77)36-69-39-66(23,24)72-33-42-27-45(60(7,8)9)30-51(54(42)75)63(16,17)18/h25-36,73-78H,37-39H2,1-24H3. The first-order chi connectivity index (χ1) is 35.2. The van der Waals surface area contributed by atoms with Gasteiger partial charge in [0.2, 0.25) is 0 Å². The number of nitrogens with zero attached hydrogens (tertiary/aromatic N) is 6. The van der Waals surface area contributed by atoms with Gasteiger partial charge < -0.3 is 30.6 Å². The maximum Gasteiger partial charge on any atom is 0.140 e. The molecule has 0 amide bonds. The van der Waals surface area contributed by atoms with Crippen LogP contribution in [0.3, 0.4) is 0 Å². The molecule has 0 aliphatic heterocycles. The van der Waals surface area contributed by atoms with Crippen LogP contribution in [0.4, 0.5) is 0 Å². The molecule has 0 aromatic heterocycles. The number of phenols is 6. The number of aliphatic imine (C=N–C) groups is 6. The van der Waals surface area contributed by atoms with Crippen molar-refractivity contribution in [1.29, 1.82) is 0 Å². The van der Waals surface area contributed by atoms with Crippen molar-refractivity contribution in [2.24, 2.45) is 30.0 Å². The first-order valence-electron chi connectivity index (χ1n) is 27.3. The minimum atomic E-state index is -0.796. The number of rotatable bonds is 15. The van der Waals surface area contributed by atoms with Crippen molar-refractivity contribution in [2.75, 3.05) is 19.6 Å². The SMILES string of the molecule is CC(C)(CN=Cc1c(O)c(C=NCC(C)(C)N=Cc2cc(C(C)(C)C)cc(C(C)(C)C)c2O)c(O)c(C=NCC(C)(C)N=Cc2cc(C(C)(C)C)cc(C(C)(C)C)c2O)c1O)N=Cc1cc(C(C)(C)C)cc(C(C)(C)C)c1O. The Kier molecular flexibility index (Phi) is 18.8. The first kappa shape index (κ1) is 64.2. The summed E-state index contributed by atoms with van der Waals surface area (Å²) in [6.45, 7) is 49.5. The van der Waals surface area contributed by atoms with Gasteiger partial charge in [0, 0.05) is 70.7 Å². The van der Waals surface area contributed by atoms with Gasteiger partial charge in [-0.2, -0.15) is 0 Å². The van der Waals surface area contributed by atoms with Crippen LogP contribution in [0.15, 0.2) is 66.4 Å². The zero-order valence-electron chi connectivity index (χ0n) is 51.9. The van der Waals surface area contributed by atoms with E-state index in [2.05, 4.69) is 158 Å². The molecule has 0 radical (unpaired) electrons. The summed E-state index contributed by atoms with van der Waals surface area (Å²) < 4.78 is 0. The van der Waals surface area contributed by atoms with E-state index in [9.17, 15) is 30.6 Å². The minimum absolute atomic E-state index is 0.0666. The molecule has 0 fully saturated rings. The Balaban J connectivity index is 1.79. The van der Waals surface area contributed by atoms with Gasteiger partial charge in [-0.3, -0.25) is 30.0 Å². The lowest BCUT2D eigenvalue weighted by atomic mass is 9.79. The quantitative estimate of drug-likeness (QED) is 0.0641. The van der Waals surface area contributed by atoms with Crippen molar-refractivity contribution in [1.82, 2.24) is 0 Å². The van der Waals surface area contributed by atoms with E-state index in [1.54, 1.807) is 18.6 Å². The van der Waals surface area contributed by atoms with E-state index in [-0.39, 0.29) is 86.1 Å². The van der Waals surface area contributed by atoms with Crippen LogP contribution in [0.2, 0.25) is 0 Å². The molecule has 0 unspecified atom stereocenters. The molecule has 12 nitrogen and oxygen atoms in total. The maximum atomic E-state index is 11.9. The van der Waals surface area contributed by atoms with Crippen LogP contribution in [0, 0.1) is 0 Å². The largest absolute Gasteiger partial charge is 0.507 e. The Morgan fingerprint density at radius 3 is 0.667 bits per heavy atom. The second kappa shape index (κ2) is 22.8. The lowest BCUT2D eigenvalue weighted by Gasteiger charge is -2.27. The average Bonchev–Trinajstić information content (AvgIpc) is 3.26. The molecule has 4 aromatic rings. The van der Waals surface area contributed by atoms with Crippen molar-refractivity contribution >= 4 is 37.3 Å². The summed E-state index contributed by atoms with van der Waals surface area (Å²) in [4.78, 5) is 28.6. The fourth-order valence-corrected chi connectivity index (χ4v) is 8.36. The Morgan fingerprint density at radius 2 is 0.487 bits per heavy atom. The van der Waals surface area contributed by atoms with Gasteiger partial charge in [-0.15, -0.1) is 0 Å². The number of hydrogen-bond acceptors (Lipinski definition) is 12. The van der Waals surface area contributed by atoms with Gasteiger partial charge in [0.05, 0.1) is 52.9 Å². The van der Waals surface area contributed by atoms with Gasteiger partial charge in [-0.05, 0) is 109 Å². The lowest BCUT2D eigenvalue weighted by molar-refractivity contribution is 0.424. The molecular formula is C66H96N6O6. The second-order valence-electron chi connectivity index (χ2n) is 29.3. The van der Waals surface area contributed by atoms with Gasteiger partial charge in [0.25, 0.3) is 0 Å². The predicted octanol–water partition coefficient (Wildman–Crippen LogP) is 14.7.